The average molecular weight is 300 g/mol. The minimum absolute atomic E-state index is 0.215. The van der Waals surface area contributed by atoms with Crippen molar-refractivity contribution in [1.82, 2.24) is 25.2 Å². The first-order valence-electron chi connectivity index (χ1n) is 7.03. The van der Waals surface area contributed by atoms with Crippen LogP contribution in [0.3, 0.4) is 0 Å². The van der Waals surface area contributed by atoms with Gasteiger partial charge in [-0.1, -0.05) is 6.07 Å². The van der Waals surface area contributed by atoms with Gasteiger partial charge in [0.1, 0.15) is 11.5 Å². The molecule has 2 aromatic rings. The molecular formula is C15H20N6O. The molecule has 0 bridgehead atoms. The first-order valence-corrected chi connectivity index (χ1v) is 7.03. The summed E-state index contributed by atoms with van der Waals surface area (Å²) in [5.41, 5.74) is 1.36. The van der Waals surface area contributed by atoms with Crippen molar-refractivity contribution in [2.75, 3.05) is 32.5 Å². The second-order valence-electron chi connectivity index (χ2n) is 5.06. The number of hydrogen-bond donors (Lipinski definition) is 2. The molecule has 0 aliphatic heterocycles. The van der Waals surface area contributed by atoms with E-state index in [9.17, 15) is 4.79 Å². The third-order valence-corrected chi connectivity index (χ3v) is 2.93. The van der Waals surface area contributed by atoms with E-state index in [2.05, 4.69) is 25.6 Å². The van der Waals surface area contributed by atoms with E-state index in [4.69, 9.17) is 0 Å². The van der Waals surface area contributed by atoms with E-state index in [1.54, 1.807) is 18.6 Å². The van der Waals surface area contributed by atoms with Crippen LogP contribution in [0.2, 0.25) is 0 Å². The zero-order valence-corrected chi connectivity index (χ0v) is 12.8. The number of likely N-dealkylation sites (N-methyl/N-ethyl adjacent to an activating group) is 1. The van der Waals surface area contributed by atoms with Gasteiger partial charge < -0.3 is 15.5 Å². The molecule has 116 valence electrons. The van der Waals surface area contributed by atoms with Gasteiger partial charge in [-0.05, 0) is 25.7 Å². The van der Waals surface area contributed by atoms with Crippen molar-refractivity contribution in [2.45, 2.75) is 6.54 Å². The fourth-order valence-electron chi connectivity index (χ4n) is 1.72. The second kappa shape index (κ2) is 8.04. The predicted octanol–water partition coefficient (Wildman–Crippen LogP) is 0.775. The molecule has 0 fully saturated rings. The number of carbonyl (C=O) groups excluding carboxylic acids is 1. The highest BCUT2D eigenvalue weighted by Crippen LogP contribution is 2.04. The molecule has 0 radical (unpaired) electrons. The Labute approximate surface area is 129 Å². The minimum Gasteiger partial charge on any atom is -0.365 e. The lowest BCUT2D eigenvalue weighted by Gasteiger charge is -2.10. The number of hydrogen-bond acceptors (Lipinski definition) is 6. The molecule has 22 heavy (non-hydrogen) atoms. The molecule has 0 saturated heterocycles. The fourth-order valence-corrected chi connectivity index (χ4v) is 1.72. The van der Waals surface area contributed by atoms with Crippen molar-refractivity contribution in [1.29, 1.82) is 0 Å². The molecule has 2 heterocycles. The molecule has 0 spiro atoms. The van der Waals surface area contributed by atoms with Gasteiger partial charge in [0.25, 0.3) is 5.91 Å². The van der Waals surface area contributed by atoms with Crippen molar-refractivity contribution >= 4 is 11.7 Å². The summed E-state index contributed by atoms with van der Waals surface area (Å²) >= 11 is 0. The molecule has 2 rings (SSSR count). The number of rotatable bonds is 7. The quantitative estimate of drug-likeness (QED) is 0.786. The molecule has 0 aliphatic rings. The smallest absolute Gasteiger partial charge is 0.271 e. The Balaban J connectivity index is 1.83. The van der Waals surface area contributed by atoms with E-state index in [-0.39, 0.29) is 5.91 Å². The Morgan fingerprint density at radius 3 is 2.73 bits per heavy atom. The molecule has 0 aliphatic carbocycles. The number of amides is 1. The van der Waals surface area contributed by atoms with Crippen molar-refractivity contribution in [2.24, 2.45) is 0 Å². The minimum atomic E-state index is -0.215. The lowest BCUT2D eigenvalue weighted by Crippen LogP contribution is -2.31. The summed E-state index contributed by atoms with van der Waals surface area (Å²) < 4.78 is 0. The highest BCUT2D eigenvalue weighted by Gasteiger charge is 2.07. The van der Waals surface area contributed by atoms with Gasteiger partial charge in [-0.3, -0.25) is 9.78 Å². The van der Waals surface area contributed by atoms with Crippen LogP contribution in [0.15, 0.2) is 36.9 Å². The van der Waals surface area contributed by atoms with Crippen LogP contribution in [0.5, 0.6) is 0 Å². The van der Waals surface area contributed by atoms with E-state index < -0.39 is 0 Å². The maximum Gasteiger partial charge on any atom is 0.271 e. The van der Waals surface area contributed by atoms with E-state index in [0.29, 0.717) is 24.6 Å². The molecule has 0 atom stereocenters. The van der Waals surface area contributed by atoms with Crippen LogP contribution >= 0.6 is 0 Å². The molecule has 0 unspecified atom stereocenters. The third kappa shape index (κ3) is 5.10. The zero-order chi connectivity index (χ0) is 15.8. The summed E-state index contributed by atoms with van der Waals surface area (Å²) in [7, 11) is 3.91. The van der Waals surface area contributed by atoms with Crippen LogP contribution in [-0.2, 0) is 6.54 Å². The standard InChI is InChI=1S/C15H20N6O/c1-21(2)7-6-17-15(22)13-10-20-14(11-18-13)19-9-12-4-3-5-16-8-12/h3-5,8,10-11H,6-7,9H2,1-2H3,(H,17,22)(H,19,20). The van der Waals surface area contributed by atoms with Gasteiger partial charge in [-0.25, -0.2) is 9.97 Å². The van der Waals surface area contributed by atoms with Gasteiger partial charge in [0, 0.05) is 32.0 Å². The average Bonchev–Trinajstić information content (AvgIpc) is 2.54. The van der Waals surface area contributed by atoms with Crippen molar-refractivity contribution in [3.05, 3.63) is 48.2 Å². The van der Waals surface area contributed by atoms with Crippen LogP contribution in [-0.4, -0.2) is 52.9 Å². The molecule has 1 amide bonds. The third-order valence-electron chi connectivity index (χ3n) is 2.93. The molecule has 2 N–H and O–H groups in total. The van der Waals surface area contributed by atoms with Crippen LogP contribution in [0.25, 0.3) is 0 Å². The summed E-state index contributed by atoms with van der Waals surface area (Å²) in [4.78, 5) is 26.2. The van der Waals surface area contributed by atoms with Crippen LogP contribution < -0.4 is 10.6 Å². The van der Waals surface area contributed by atoms with E-state index in [1.165, 1.54) is 6.20 Å². The van der Waals surface area contributed by atoms with Gasteiger partial charge in [-0.15, -0.1) is 0 Å². The first kappa shape index (κ1) is 15.8. The van der Waals surface area contributed by atoms with E-state index in [1.807, 2.05) is 31.1 Å². The zero-order valence-electron chi connectivity index (χ0n) is 12.8. The molecule has 7 nitrogen and oxygen atoms in total. The van der Waals surface area contributed by atoms with Gasteiger partial charge in [0.05, 0.1) is 12.4 Å². The molecule has 7 heteroatoms. The number of anilines is 1. The monoisotopic (exact) mass is 300 g/mol. The van der Waals surface area contributed by atoms with Crippen molar-refractivity contribution in [3.8, 4) is 0 Å². The SMILES string of the molecule is CN(C)CCNC(=O)c1cnc(NCc2cccnc2)cn1. The lowest BCUT2D eigenvalue weighted by molar-refractivity contribution is 0.0945. The second-order valence-corrected chi connectivity index (χ2v) is 5.06. The maximum atomic E-state index is 11.9. The highest BCUT2D eigenvalue weighted by molar-refractivity contribution is 5.91. The molecule has 2 aromatic heterocycles. The summed E-state index contributed by atoms with van der Waals surface area (Å²) in [5.74, 6) is 0.404. The van der Waals surface area contributed by atoms with Crippen LogP contribution in [0, 0.1) is 0 Å². The van der Waals surface area contributed by atoms with E-state index in [0.717, 1.165) is 12.1 Å². The van der Waals surface area contributed by atoms with Crippen LogP contribution in [0.1, 0.15) is 16.1 Å². The van der Waals surface area contributed by atoms with Crippen LogP contribution in [0.4, 0.5) is 5.82 Å². The molecular weight excluding hydrogens is 280 g/mol. The fraction of sp³-hybridized carbons (Fsp3) is 0.333. The predicted molar refractivity (Wildman–Crippen MR) is 84.5 cm³/mol. The number of pyridine rings is 1. The number of carbonyl (C=O) groups is 1. The first-order chi connectivity index (χ1) is 10.6. The number of nitrogens with one attached hydrogen (secondary N) is 2. The number of aromatic nitrogens is 3. The van der Waals surface area contributed by atoms with Crippen molar-refractivity contribution in [3.63, 3.8) is 0 Å². The normalized spacial score (nSPS) is 10.5. The number of nitrogens with zero attached hydrogens (tertiary/aromatic N) is 4. The Bertz CT molecular complexity index is 585. The molecule has 0 aromatic carbocycles. The lowest BCUT2D eigenvalue weighted by atomic mass is 10.3. The summed E-state index contributed by atoms with van der Waals surface area (Å²) in [6, 6.07) is 3.85. The van der Waals surface area contributed by atoms with E-state index >= 15 is 0 Å². The topological polar surface area (TPSA) is 83.0 Å². The summed E-state index contributed by atoms with van der Waals surface area (Å²) in [5, 5.41) is 5.93. The van der Waals surface area contributed by atoms with Gasteiger partial charge in [0.15, 0.2) is 0 Å². The maximum absolute atomic E-state index is 11.9. The van der Waals surface area contributed by atoms with Crippen molar-refractivity contribution < 1.29 is 4.79 Å². The Morgan fingerprint density at radius 2 is 2.09 bits per heavy atom. The summed E-state index contributed by atoms with van der Waals surface area (Å²) in [6.07, 6.45) is 6.54. The highest BCUT2D eigenvalue weighted by atomic mass is 16.1. The Kier molecular flexibility index (Phi) is 5.79. The van der Waals surface area contributed by atoms with Gasteiger partial charge in [0.2, 0.25) is 0 Å². The largest absolute Gasteiger partial charge is 0.365 e. The Morgan fingerprint density at radius 1 is 1.23 bits per heavy atom. The van der Waals surface area contributed by atoms with Gasteiger partial charge >= 0.3 is 0 Å². The molecule has 0 saturated carbocycles. The summed E-state index contributed by atoms with van der Waals surface area (Å²) in [6.45, 7) is 1.97. The van der Waals surface area contributed by atoms with Gasteiger partial charge in [-0.2, -0.15) is 0 Å². The Hall–Kier alpha value is -2.54.